The molecule has 0 unspecified atom stereocenters. The molecule has 21 heavy (non-hydrogen) atoms. The first-order chi connectivity index (χ1) is 10.3. The molecule has 0 radical (unpaired) electrons. The summed E-state index contributed by atoms with van der Waals surface area (Å²) in [5, 5.41) is 4.92. The summed E-state index contributed by atoms with van der Waals surface area (Å²) < 4.78 is 0. The number of nitrogens with one attached hydrogen (secondary N) is 1. The van der Waals surface area contributed by atoms with Crippen molar-refractivity contribution in [1.29, 1.82) is 0 Å². The first-order valence-electron chi connectivity index (χ1n) is 6.50. The SMILES string of the molecule is O=C(NCc1cccnc1-c1cccs1)c1cccnc1. The van der Waals surface area contributed by atoms with E-state index in [0.29, 0.717) is 12.1 Å². The van der Waals surface area contributed by atoms with Crippen LogP contribution in [-0.2, 0) is 6.54 Å². The highest BCUT2D eigenvalue weighted by Gasteiger charge is 2.09. The smallest absolute Gasteiger partial charge is 0.253 e. The molecule has 1 amide bonds. The molecule has 3 aromatic heterocycles. The minimum absolute atomic E-state index is 0.135. The Bertz CT molecular complexity index is 726. The van der Waals surface area contributed by atoms with Crippen LogP contribution in [0.1, 0.15) is 15.9 Å². The van der Waals surface area contributed by atoms with Crippen LogP contribution in [0.5, 0.6) is 0 Å². The van der Waals surface area contributed by atoms with E-state index in [1.165, 1.54) is 0 Å². The Morgan fingerprint density at radius 3 is 2.81 bits per heavy atom. The maximum Gasteiger partial charge on any atom is 0.253 e. The van der Waals surface area contributed by atoms with Gasteiger partial charge in [0.05, 0.1) is 16.1 Å². The Balaban J connectivity index is 1.76. The van der Waals surface area contributed by atoms with Gasteiger partial charge in [0.15, 0.2) is 0 Å². The number of carbonyl (C=O) groups excluding carboxylic acids is 1. The molecule has 0 fully saturated rings. The van der Waals surface area contributed by atoms with Crippen LogP contribution >= 0.6 is 11.3 Å². The maximum atomic E-state index is 12.0. The van der Waals surface area contributed by atoms with E-state index in [9.17, 15) is 4.79 Å². The third kappa shape index (κ3) is 3.14. The summed E-state index contributed by atoms with van der Waals surface area (Å²) in [5.74, 6) is -0.135. The fourth-order valence-electron chi connectivity index (χ4n) is 1.99. The Labute approximate surface area is 126 Å². The van der Waals surface area contributed by atoms with Crippen molar-refractivity contribution in [3.8, 4) is 10.6 Å². The molecular weight excluding hydrogens is 282 g/mol. The number of hydrogen-bond acceptors (Lipinski definition) is 4. The zero-order chi connectivity index (χ0) is 14.5. The second-order valence-corrected chi connectivity index (χ2v) is 5.36. The van der Waals surface area contributed by atoms with Gasteiger partial charge < -0.3 is 5.32 Å². The second kappa shape index (κ2) is 6.28. The molecule has 0 aromatic carbocycles. The van der Waals surface area contributed by atoms with Crippen molar-refractivity contribution >= 4 is 17.2 Å². The van der Waals surface area contributed by atoms with Crippen molar-refractivity contribution in [2.24, 2.45) is 0 Å². The molecule has 104 valence electrons. The van der Waals surface area contributed by atoms with E-state index >= 15 is 0 Å². The van der Waals surface area contributed by atoms with Gasteiger partial charge in [0.2, 0.25) is 0 Å². The van der Waals surface area contributed by atoms with E-state index in [4.69, 9.17) is 0 Å². The number of rotatable bonds is 4. The maximum absolute atomic E-state index is 12.0. The minimum atomic E-state index is -0.135. The lowest BCUT2D eigenvalue weighted by molar-refractivity contribution is 0.0950. The zero-order valence-electron chi connectivity index (χ0n) is 11.2. The number of aromatic nitrogens is 2. The first kappa shape index (κ1) is 13.5. The van der Waals surface area contributed by atoms with Gasteiger partial charge in [0, 0.05) is 25.1 Å². The molecule has 0 aliphatic carbocycles. The number of amides is 1. The molecule has 0 saturated heterocycles. The normalized spacial score (nSPS) is 10.3. The molecule has 3 aromatic rings. The number of thiophene rings is 1. The second-order valence-electron chi connectivity index (χ2n) is 4.41. The first-order valence-corrected chi connectivity index (χ1v) is 7.38. The van der Waals surface area contributed by atoms with Gasteiger partial charge in [-0.25, -0.2) is 0 Å². The van der Waals surface area contributed by atoms with Crippen molar-refractivity contribution in [2.75, 3.05) is 0 Å². The quantitative estimate of drug-likeness (QED) is 0.804. The predicted octanol–water partition coefficient (Wildman–Crippen LogP) is 3.14. The summed E-state index contributed by atoms with van der Waals surface area (Å²) in [6.45, 7) is 0.439. The van der Waals surface area contributed by atoms with Crippen molar-refractivity contribution in [1.82, 2.24) is 15.3 Å². The lowest BCUT2D eigenvalue weighted by atomic mass is 10.1. The van der Waals surface area contributed by atoms with E-state index in [2.05, 4.69) is 15.3 Å². The van der Waals surface area contributed by atoms with Crippen molar-refractivity contribution in [3.05, 3.63) is 71.5 Å². The molecule has 0 saturated carbocycles. The van der Waals surface area contributed by atoms with Crippen molar-refractivity contribution in [3.63, 3.8) is 0 Å². The summed E-state index contributed by atoms with van der Waals surface area (Å²) in [4.78, 5) is 21.5. The molecular formula is C16H13N3OS. The van der Waals surface area contributed by atoms with Gasteiger partial charge in [0.1, 0.15) is 0 Å². The average molecular weight is 295 g/mol. The molecule has 0 bridgehead atoms. The van der Waals surface area contributed by atoms with E-state index in [-0.39, 0.29) is 5.91 Å². The summed E-state index contributed by atoms with van der Waals surface area (Å²) in [6.07, 6.45) is 4.97. The van der Waals surface area contributed by atoms with Crippen LogP contribution in [0.4, 0.5) is 0 Å². The fraction of sp³-hybridized carbons (Fsp3) is 0.0625. The van der Waals surface area contributed by atoms with Gasteiger partial charge in [-0.3, -0.25) is 14.8 Å². The molecule has 0 aliphatic rings. The summed E-state index contributed by atoms with van der Waals surface area (Å²) in [5.41, 5.74) is 2.47. The number of nitrogens with zero attached hydrogens (tertiary/aromatic N) is 2. The van der Waals surface area contributed by atoms with E-state index in [1.54, 1.807) is 42.1 Å². The number of pyridine rings is 2. The Kier molecular flexibility index (Phi) is 4.02. The standard InChI is InChI=1S/C16H13N3OS/c20-16(13-5-1-7-17-10-13)19-11-12-4-2-8-18-15(12)14-6-3-9-21-14/h1-10H,11H2,(H,19,20). The van der Waals surface area contributed by atoms with Crippen LogP contribution in [0.15, 0.2) is 60.4 Å². The monoisotopic (exact) mass is 295 g/mol. The van der Waals surface area contributed by atoms with Crippen molar-refractivity contribution in [2.45, 2.75) is 6.54 Å². The highest BCUT2D eigenvalue weighted by Crippen LogP contribution is 2.25. The predicted molar refractivity (Wildman–Crippen MR) is 83.0 cm³/mol. The molecule has 0 atom stereocenters. The Morgan fingerprint density at radius 1 is 1.14 bits per heavy atom. The summed E-state index contributed by atoms with van der Waals surface area (Å²) in [7, 11) is 0. The van der Waals surface area contributed by atoms with Crippen LogP contribution in [-0.4, -0.2) is 15.9 Å². The van der Waals surface area contributed by atoms with Gasteiger partial charge in [0.25, 0.3) is 5.91 Å². The molecule has 1 N–H and O–H groups in total. The van der Waals surface area contributed by atoms with Crippen LogP contribution in [0, 0.1) is 0 Å². The number of hydrogen-bond donors (Lipinski definition) is 1. The lowest BCUT2D eigenvalue weighted by Crippen LogP contribution is -2.23. The van der Waals surface area contributed by atoms with Crippen LogP contribution < -0.4 is 5.32 Å². The van der Waals surface area contributed by atoms with Crippen molar-refractivity contribution < 1.29 is 4.79 Å². The van der Waals surface area contributed by atoms with Gasteiger partial charge in [-0.05, 0) is 35.2 Å². The molecule has 4 nitrogen and oxygen atoms in total. The van der Waals surface area contributed by atoms with Gasteiger partial charge in [-0.15, -0.1) is 11.3 Å². The van der Waals surface area contributed by atoms with Crippen LogP contribution in [0.2, 0.25) is 0 Å². The largest absolute Gasteiger partial charge is 0.348 e. The topological polar surface area (TPSA) is 54.9 Å². The highest BCUT2D eigenvalue weighted by molar-refractivity contribution is 7.13. The molecule has 3 rings (SSSR count). The van der Waals surface area contributed by atoms with E-state index in [0.717, 1.165) is 16.1 Å². The average Bonchev–Trinajstić information content (AvgIpc) is 3.08. The minimum Gasteiger partial charge on any atom is -0.348 e. The summed E-state index contributed by atoms with van der Waals surface area (Å²) in [6, 6.07) is 11.4. The fourth-order valence-corrected chi connectivity index (χ4v) is 2.75. The lowest BCUT2D eigenvalue weighted by Gasteiger charge is -2.08. The molecule has 3 heterocycles. The molecule has 0 spiro atoms. The Morgan fingerprint density at radius 2 is 2.05 bits per heavy atom. The van der Waals surface area contributed by atoms with Crippen LogP contribution in [0.25, 0.3) is 10.6 Å². The van der Waals surface area contributed by atoms with E-state index in [1.807, 2.05) is 29.6 Å². The third-order valence-electron chi connectivity index (χ3n) is 3.01. The third-order valence-corrected chi connectivity index (χ3v) is 3.89. The van der Waals surface area contributed by atoms with Gasteiger partial charge in [-0.2, -0.15) is 0 Å². The highest BCUT2D eigenvalue weighted by atomic mass is 32.1. The molecule has 5 heteroatoms. The zero-order valence-corrected chi connectivity index (χ0v) is 12.0. The molecule has 0 aliphatic heterocycles. The summed E-state index contributed by atoms with van der Waals surface area (Å²) >= 11 is 1.64. The van der Waals surface area contributed by atoms with Crippen LogP contribution in [0.3, 0.4) is 0 Å². The number of carbonyl (C=O) groups is 1. The Hall–Kier alpha value is -2.53. The van der Waals surface area contributed by atoms with E-state index < -0.39 is 0 Å². The van der Waals surface area contributed by atoms with Gasteiger partial charge in [-0.1, -0.05) is 12.1 Å². The van der Waals surface area contributed by atoms with Gasteiger partial charge >= 0.3 is 0 Å².